The van der Waals surface area contributed by atoms with Gasteiger partial charge >= 0.3 is 27.3 Å². The number of halogens is 5. The van der Waals surface area contributed by atoms with Gasteiger partial charge in [0.25, 0.3) is 0 Å². The van der Waals surface area contributed by atoms with Crippen LogP contribution in [0.5, 0.6) is 0 Å². The summed E-state index contributed by atoms with van der Waals surface area (Å²) in [5.41, 5.74) is 0. The van der Waals surface area contributed by atoms with E-state index in [9.17, 15) is 35.2 Å². The SMILES string of the molecule is O=C(C(F)(F)F)C(F)(F)S(=O)(=O)O. The van der Waals surface area contributed by atoms with Gasteiger partial charge in [-0.3, -0.25) is 9.35 Å². The van der Waals surface area contributed by atoms with Gasteiger partial charge in [-0.05, 0) is 0 Å². The van der Waals surface area contributed by atoms with E-state index in [0.717, 1.165) is 0 Å². The van der Waals surface area contributed by atoms with E-state index in [1.165, 1.54) is 0 Å². The minimum atomic E-state index is -6.39. The van der Waals surface area contributed by atoms with E-state index < -0.39 is 27.3 Å². The van der Waals surface area contributed by atoms with Crippen LogP contribution in [-0.4, -0.2) is 30.2 Å². The number of hydrogen-bond donors (Lipinski definition) is 1. The summed E-state index contributed by atoms with van der Waals surface area (Å²) in [5, 5.41) is -5.86. The van der Waals surface area contributed by atoms with Crippen LogP contribution in [0.1, 0.15) is 0 Å². The number of carbonyl (C=O) groups excluding carboxylic acids is 1. The molecule has 0 aliphatic heterocycles. The van der Waals surface area contributed by atoms with Gasteiger partial charge in [0.15, 0.2) is 0 Å². The minimum Gasteiger partial charge on any atom is -0.281 e. The first kappa shape index (κ1) is 12.2. The fraction of sp³-hybridized carbons (Fsp3) is 0.667. The third-order valence-corrected chi connectivity index (χ3v) is 1.68. The quantitative estimate of drug-likeness (QED) is 0.554. The first-order valence-corrected chi connectivity index (χ1v) is 3.81. The summed E-state index contributed by atoms with van der Waals surface area (Å²) in [4.78, 5) is 9.72. The van der Waals surface area contributed by atoms with Crippen LogP contribution >= 0.6 is 0 Å². The molecule has 0 aromatic rings. The van der Waals surface area contributed by atoms with Crippen LogP contribution in [0.15, 0.2) is 0 Å². The molecule has 0 radical (unpaired) electrons. The Morgan fingerprint density at radius 3 is 1.46 bits per heavy atom. The molecule has 10 heteroatoms. The Bertz CT molecular complexity index is 313. The molecule has 78 valence electrons. The Hall–Kier alpha value is -0.770. The van der Waals surface area contributed by atoms with Crippen molar-refractivity contribution in [3.63, 3.8) is 0 Å². The highest BCUT2D eigenvalue weighted by atomic mass is 32.2. The first-order valence-electron chi connectivity index (χ1n) is 2.37. The highest BCUT2D eigenvalue weighted by molar-refractivity contribution is 7.87. The van der Waals surface area contributed by atoms with Crippen molar-refractivity contribution in [3.05, 3.63) is 0 Å². The van der Waals surface area contributed by atoms with Crippen LogP contribution in [0.3, 0.4) is 0 Å². The van der Waals surface area contributed by atoms with Crippen LogP contribution in [0.2, 0.25) is 0 Å². The third-order valence-electron chi connectivity index (χ3n) is 0.846. The second kappa shape index (κ2) is 2.87. The molecule has 4 nitrogen and oxygen atoms in total. The predicted octanol–water partition coefficient (Wildman–Crippen LogP) is 0.598. The summed E-state index contributed by atoms with van der Waals surface area (Å²) in [6.45, 7) is 0. The molecule has 0 rings (SSSR count). The number of hydrogen-bond acceptors (Lipinski definition) is 3. The zero-order valence-corrected chi connectivity index (χ0v) is 6.29. The van der Waals surface area contributed by atoms with Crippen molar-refractivity contribution in [2.45, 2.75) is 11.4 Å². The van der Waals surface area contributed by atoms with Crippen molar-refractivity contribution in [1.29, 1.82) is 0 Å². The fourth-order valence-corrected chi connectivity index (χ4v) is 0.632. The summed E-state index contributed by atoms with van der Waals surface area (Å²) < 4.78 is 84.5. The van der Waals surface area contributed by atoms with Gasteiger partial charge in [0, 0.05) is 0 Å². The van der Waals surface area contributed by atoms with Gasteiger partial charge in [0.1, 0.15) is 0 Å². The maximum absolute atomic E-state index is 11.9. The molecule has 0 amide bonds. The zero-order valence-electron chi connectivity index (χ0n) is 5.47. The van der Waals surface area contributed by atoms with Crippen molar-refractivity contribution >= 4 is 15.9 Å². The van der Waals surface area contributed by atoms with E-state index in [4.69, 9.17) is 4.55 Å². The summed E-state index contributed by atoms with van der Waals surface area (Å²) in [5.74, 6) is -3.83. The van der Waals surface area contributed by atoms with Crippen molar-refractivity contribution < 1.29 is 39.7 Å². The largest absolute Gasteiger partial charge is 0.457 e. The van der Waals surface area contributed by atoms with Crippen LogP contribution in [0.4, 0.5) is 22.0 Å². The molecule has 0 aromatic heterocycles. The van der Waals surface area contributed by atoms with Crippen molar-refractivity contribution in [3.8, 4) is 0 Å². The Kier molecular flexibility index (Phi) is 2.70. The summed E-state index contributed by atoms with van der Waals surface area (Å²) in [6.07, 6.45) is -6.03. The Labute approximate surface area is 68.1 Å². The van der Waals surface area contributed by atoms with E-state index in [0.29, 0.717) is 0 Å². The number of rotatable bonds is 2. The van der Waals surface area contributed by atoms with E-state index in [-0.39, 0.29) is 0 Å². The molecular weight excluding hydrogens is 227 g/mol. The van der Waals surface area contributed by atoms with E-state index >= 15 is 0 Å². The molecule has 0 saturated heterocycles. The molecule has 0 bridgehead atoms. The number of Topliss-reactive ketones (excluding diaryl/α,β-unsaturated/α-hetero) is 1. The van der Waals surface area contributed by atoms with Gasteiger partial charge in [-0.1, -0.05) is 0 Å². The lowest BCUT2D eigenvalue weighted by Crippen LogP contribution is -2.45. The molecule has 0 atom stereocenters. The Morgan fingerprint density at radius 2 is 1.38 bits per heavy atom. The maximum atomic E-state index is 11.9. The van der Waals surface area contributed by atoms with Crippen molar-refractivity contribution in [1.82, 2.24) is 0 Å². The molecular formula is C3HF5O4S. The van der Waals surface area contributed by atoms with Crippen molar-refractivity contribution in [2.75, 3.05) is 0 Å². The molecule has 0 heterocycles. The number of ketones is 1. The third kappa shape index (κ3) is 2.34. The van der Waals surface area contributed by atoms with Crippen molar-refractivity contribution in [2.24, 2.45) is 0 Å². The molecule has 0 unspecified atom stereocenters. The maximum Gasteiger partial charge on any atom is 0.457 e. The summed E-state index contributed by atoms with van der Waals surface area (Å²) >= 11 is 0. The van der Waals surface area contributed by atoms with Gasteiger partial charge in [-0.25, -0.2) is 0 Å². The normalized spacial score (nSPS) is 14.3. The highest BCUT2D eigenvalue weighted by Crippen LogP contribution is 2.31. The topological polar surface area (TPSA) is 71.4 Å². The van der Waals surface area contributed by atoms with Gasteiger partial charge in [0.05, 0.1) is 0 Å². The van der Waals surface area contributed by atoms with E-state index in [1.54, 1.807) is 0 Å². The van der Waals surface area contributed by atoms with Gasteiger partial charge < -0.3 is 0 Å². The number of carbonyl (C=O) groups is 1. The molecule has 0 spiro atoms. The average molecular weight is 228 g/mol. The smallest absolute Gasteiger partial charge is 0.281 e. The molecule has 0 aromatic carbocycles. The van der Waals surface area contributed by atoms with Gasteiger partial charge in [-0.2, -0.15) is 30.4 Å². The monoisotopic (exact) mass is 228 g/mol. The standard InChI is InChI=1S/C3HF5O4S/c4-2(5,6)1(9)3(7,8)13(10,11)12/h(H,10,11,12). The minimum absolute atomic E-state index is 3.83. The lowest BCUT2D eigenvalue weighted by atomic mass is 10.4. The summed E-state index contributed by atoms with van der Waals surface area (Å²) in [6, 6.07) is 0. The van der Waals surface area contributed by atoms with Gasteiger partial charge in [0.2, 0.25) is 0 Å². The average Bonchev–Trinajstić information content (AvgIpc) is 1.81. The van der Waals surface area contributed by atoms with Crippen LogP contribution in [0.25, 0.3) is 0 Å². The van der Waals surface area contributed by atoms with E-state index in [2.05, 4.69) is 0 Å². The number of alkyl halides is 5. The predicted molar refractivity (Wildman–Crippen MR) is 27.6 cm³/mol. The molecule has 0 fully saturated rings. The van der Waals surface area contributed by atoms with Crippen LogP contribution in [0, 0.1) is 0 Å². The molecule has 13 heavy (non-hydrogen) atoms. The second-order valence-corrected chi connectivity index (χ2v) is 3.28. The van der Waals surface area contributed by atoms with Crippen LogP contribution in [-0.2, 0) is 14.9 Å². The lowest BCUT2D eigenvalue weighted by molar-refractivity contribution is -0.186. The summed E-state index contributed by atoms with van der Waals surface area (Å²) in [7, 11) is -6.39. The Morgan fingerprint density at radius 1 is 1.08 bits per heavy atom. The zero-order chi connectivity index (χ0) is 11.1. The fourth-order valence-electron chi connectivity index (χ4n) is 0.282. The first-order chi connectivity index (χ1) is 5.40. The molecule has 0 saturated carbocycles. The molecule has 0 aliphatic carbocycles. The van der Waals surface area contributed by atoms with Crippen LogP contribution < -0.4 is 0 Å². The second-order valence-electron chi connectivity index (χ2n) is 1.82. The van der Waals surface area contributed by atoms with E-state index in [1.807, 2.05) is 0 Å². The van der Waals surface area contributed by atoms with Gasteiger partial charge in [-0.15, -0.1) is 0 Å². The lowest BCUT2D eigenvalue weighted by Gasteiger charge is -2.12. The Balaban J connectivity index is 5.23. The highest BCUT2D eigenvalue weighted by Gasteiger charge is 2.62. The molecule has 0 aliphatic rings. The molecule has 1 N–H and O–H groups in total.